The third kappa shape index (κ3) is 3.65. The Morgan fingerprint density at radius 2 is 1.80 bits per heavy atom. The number of carbonyl (C=O) groups excluding carboxylic acids is 1. The maximum atomic E-state index is 12.9. The quantitative estimate of drug-likeness (QED) is 0.837. The van der Waals surface area contributed by atoms with Crippen molar-refractivity contribution < 1.29 is 13.2 Å². The third-order valence-electron chi connectivity index (χ3n) is 4.26. The first kappa shape index (κ1) is 17.4. The summed E-state index contributed by atoms with van der Waals surface area (Å²) < 4.78 is 27.2. The molecule has 0 spiro atoms. The van der Waals surface area contributed by atoms with Gasteiger partial charge in [0.25, 0.3) is 5.91 Å². The molecule has 0 aliphatic carbocycles. The summed E-state index contributed by atoms with van der Waals surface area (Å²) in [6.45, 7) is 4.74. The van der Waals surface area contributed by atoms with Crippen molar-refractivity contribution in [3.05, 3.63) is 77.9 Å². The number of nitrogens with zero attached hydrogens (tertiary/aromatic N) is 1. The van der Waals surface area contributed by atoms with Gasteiger partial charge in [-0.3, -0.25) is 4.79 Å². The van der Waals surface area contributed by atoms with Crippen LogP contribution in [0.25, 0.3) is 0 Å². The molecule has 0 saturated carbocycles. The molecule has 6 heteroatoms. The molecule has 25 heavy (non-hydrogen) atoms. The number of sulfonamides is 1. The lowest BCUT2D eigenvalue weighted by atomic mass is 10.0. The number of amides is 1. The van der Waals surface area contributed by atoms with Crippen LogP contribution >= 0.6 is 0 Å². The number of carbonyl (C=O) groups is 1. The van der Waals surface area contributed by atoms with Crippen LogP contribution < -0.4 is 5.32 Å². The van der Waals surface area contributed by atoms with Gasteiger partial charge in [0.15, 0.2) is 0 Å². The summed E-state index contributed by atoms with van der Waals surface area (Å²) in [6.07, 6.45) is 2.29. The molecule has 1 amide bonds. The fraction of sp³-hybridized carbons (Fsp3) is 0.211. The van der Waals surface area contributed by atoms with E-state index in [0.29, 0.717) is 31.6 Å². The number of benzene rings is 2. The van der Waals surface area contributed by atoms with Gasteiger partial charge in [0.2, 0.25) is 10.0 Å². The SMILES string of the molecule is C=CCNC(=O)c1ccc(S(=O)(=O)N2CCc3ccccc3C2)cc1. The normalized spacial score (nSPS) is 14.6. The van der Waals surface area contributed by atoms with E-state index in [1.54, 1.807) is 6.08 Å². The molecule has 2 aromatic carbocycles. The molecule has 3 rings (SSSR count). The first-order valence-corrected chi connectivity index (χ1v) is 9.52. The van der Waals surface area contributed by atoms with Crippen molar-refractivity contribution in [2.24, 2.45) is 0 Å². The second-order valence-corrected chi connectivity index (χ2v) is 7.82. The van der Waals surface area contributed by atoms with Crippen molar-refractivity contribution >= 4 is 15.9 Å². The van der Waals surface area contributed by atoms with E-state index < -0.39 is 10.0 Å². The van der Waals surface area contributed by atoms with Crippen molar-refractivity contribution in [1.82, 2.24) is 9.62 Å². The maximum Gasteiger partial charge on any atom is 0.251 e. The Balaban J connectivity index is 1.79. The Morgan fingerprint density at radius 1 is 1.12 bits per heavy atom. The molecule has 1 heterocycles. The highest BCUT2D eigenvalue weighted by atomic mass is 32.2. The zero-order valence-electron chi connectivity index (χ0n) is 13.8. The second kappa shape index (κ2) is 7.21. The van der Waals surface area contributed by atoms with Crippen molar-refractivity contribution in [2.45, 2.75) is 17.9 Å². The van der Waals surface area contributed by atoms with Gasteiger partial charge >= 0.3 is 0 Å². The highest BCUT2D eigenvalue weighted by Gasteiger charge is 2.28. The lowest BCUT2D eigenvalue weighted by Crippen LogP contribution is -2.36. The van der Waals surface area contributed by atoms with E-state index in [1.807, 2.05) is 24.3 Å². The van der Waals surface area contributed by atoms with Gasteiger partial charge in [0, 0.05) is 25.2 Å². The van der Waals surface area contributed by atoms with Crippen LogP contribution in [0.5, 0.6) is 0 Å². The standard InChI is InChI=1S/C19H20N2O3S/c1-2-12-20-19(22)16-7-9-18(10-8-16)25(23,24)21-13-11-15-5-3-4-6-17(15)14-21/h2-10H,1,11-14H2,(H,20,22). The molecule has 1 aliphatic heterocycles. The van der Waals surface area contributed by atoms with E-state index in [1.165, 1.54) is 34.1 Å². The Bertz CT molecular complexity index is 889. The van der Waals surface area contributed by atoms with E-state index >= 15 is 0 Å². The smallest absolute Gasteiger partial charge is 0.251 e. The fourth-order valence-corrected chi connectivity index (χ4v) is 4.29. The molecule has 0 saturated heterocycles. The minimum Gasteiger partial charge on any atom is -0.349 e. The van der Waals surface area contributed by atoms with Crippen LogP contribution in [0.3, 0.4) is 0 Å². The number of hydrogen-bond donors (Lipinski definition) is 1. The number of rotatable bonds is 5. The highest BCUT2D eigenvalue weighted by Crippen LogP contribution is 2.25. The Morgan fingerprint density at radius 3 is 2.48 bits per heavy atom. The van der Waals surface area contributed by atoms with Crippen molar-refractivity contribution in [1.29, 1.82) is 0 Å². The summed E-state index contributed by atoms with van der Waals surface area (Å²) in [6, 6.07) is 13.9. The molecule has 130 valence electrons. The van der Waals surface area contributed by atoms with Gasteiger partial charge in [-0.2, -0.15) is 4.31 Å². The largest absolute Gasteiger partial charge is 0.349 e. The Kier molecular flexibility index (Phi) is 5.01. The second-order valence-electron chi connectivity index (χ2n) is 5.88. The zero-order valence-corrected chi connectivity index (χ0v) is 14.6. The lowest BCUT2D eigenvalue weighted by molar-refractivity contribution is 0.0958. The predicted octanol–water partition coefficient (Wildman–Crippen LogP) is 2.35. The maximum absolute atomic E-state index is 12.9. The molecule has 1 N–H and O–H groups in total. The van der Waals surface area contributed by atoms with Gasteiger partial charge in [0.1, 0.15) is 0 Å². The Labute approximate surface area is 148 Å². The molecular weight excluding hydrogens is 336 g/mol. The summed E-state index contributed by atoms with van der Waals surface area (Å²) in [4.78, 5) is 12.1. The number of fused-ring (bicyclic) bond motifs is 1. The first-order chi connectivity index (χ1) is 12.0. The van der Waals surface area contributed by atoms with E-state index in [-0.39, 0.29) is 10.8 Å². The van der Waals surface area contributed by atoms with Crippen molar-refractivity contribution in [3.63, 3.8) is 0 Å². The topological polar surface area (TPSA) is 66.5 Å². The van der Waals surface area contributed by atoms with E-state index in [9.17, 15) is 13.2 Å². The summed E-state index contributed by atoms with van der Waals surface area (Å²) in [7, 11) is -3.58. The number of nitrogens with one attached hydrogen (secondary N) is 1. The van der Waals surface area contributed by atoms with Crippen LogP contribution in [0.1, 0.15) is 21.5 Å². The summed E-state index contributed by atoms with van der Waals surface area (Å²) in [5, 5.41) is 2.66. The van der Waals surface area contributed by atoms with Crippen molar-refractivity contribution in [3.8, 4) is 0 Å². The monoisotopic (exact) mass is 356 g/mol. The fourth-order valence-electron chi connectivity index (χ4n) is 2.87. The van der Waals surface area contributed by atoms with E-state index in [2.05, 4.69) is 11.9 Å². The van der Waals surface area contributed by atoms with Crippen LogP contribution in [0.4, 0.5) is 0 Å². The third-order valence-corrected chi connectivity index (χ3v) is 6.12. The summed E-state index contributed by atoms with van der Waals surface area (Å²) >= 11 is 0. The average molecular weight is 356 g/mol. The minimum atomic E-state index is -3.58. The minimum absolute atomic E-state index is 0.201. The van der Waals surface area contributed by atoms with Crippen LogP contribution in [0.2, 0.25) is 0 Å². The van der Waals surface area contributed by atoms with Crippen LogP contribution in [-0.2, 0) is 23.0 Å². The van der Waals surface area contributed by atoms with E-state index in [0.717, 1.165) is 5.56 Å². The van der Waals surface area contributed by atoms with Gasteiger partial charge in [-0.15, -0.1) is 6.58 Å². The zero-order chi connectivity index (χ0) is 17.9. The molecule has 0 atom stereocenters. The number of hydrogen-bond acceptors (Lipinski definition) is 3. The molecular formula is C19H20N2O3S. The van der Waals surface area contributed by atoms with Crippen LogP contribution in [0.15, 0.2) is 66.1 Å². The molecule has 0 bridgehead atoms. The molecule has 5 nitrogen and oxygen atoms in total. The average Bonchev–Trinajstić information content (AvgIpc) is 2.65. The molecule has 0 fully saturated rings. The lowest BCUT2D eigenvalue weighted by Gasteiger charge is -2.28. The van der Waals surface area contributed by atoms with Gasteiger partial charge in [0.05, 0.1) is 4.90 Å². The van der Waals surface area contributed by atoms with Crippen molar-refractivity contribution in [2.75, 3.05) is 13.1 Å². The highest BCUT2D eigenvalue weighted by molar-refractivity contribution is 7.89. The summed E-state index contributed by atoms with van der Waals surface area (Å²) in [5.41, 5.74) is 2.66. The van der Waals surface area contributed by atoms with Crippen LogP contribution in [0, 0.1) is 0 Å². The van der Waals surface area contributed by atoms with Gasteiger partial charge < -0.3 is 5.32 Å². The van der Waals surface area contributed by atoms with E-state index in [4.69, 9.17) is 0 Å². The molecule has 0 radical (unpaired) electrons. The van der Waals surface area contributed by atoms with Gasteiger partial charge in [-0.05, 0) is 41.8 Å². The predicted molar refractivity (Wildman–Crippen MR) is 96.7 cm³/mol. The molecule has 0 unspecified atom stereocenters. The summed E-state index contributed by atoms with van der Waals surface area (Å²) in [5.74, 6) is -0.254. The van der Waals surface area contributed by atoms with Crippen LogP contribution in [-0.4, -0.2) is 31.7 Å². The van der Waals surface area contributed by atoms with Gasteiger partial charge in [-0.1, -0.05) is 30.3 Å². The molecule has 2 aromatic rings. The first-order valence-electron chi connectivity index (χ1n) is 8.08. The molecule has 0 aromatic heterocycles. The van der Waals surface area contributed by atoms with Gasteiger partial charge in [-0.25, -0.2) is 8.42 Å². The molecule has 1 aliphatic rings. The Hall–Kier alpha value is -2.44.